The molecule has 1 aromatic carbocycles. The fourth-order valence-corrected chi connectivity index (χ4v) is 6.53. The Morgan fingerprint density at radius 2 is 1.87 bits per heavy atom. The summed E-state index contributed by atoms with van der Waals surface area (Å²) in [4.78, 5) is 23.0. The molecule has 38 heavy (non-hydrogen) atoms. The molecule has 12 heteroatoms. The van der Waals surface area contributed by atoms with Gasteiger partial charge >= 0.3 is 0 Å². The minimum atomic E-state index is -3.80. The molecule has 1 aliphatic heterocycles. The number of sulfonamides is 1. The number of aliphatic hydroxyl groups is 2. The zero-order valence-electron chi connectivity index (χ0n) is 22.2. The molecule has 1 aliphatic rings. The van der Waals surface area contributed by atoms with E-state index in [4.69, 9.17) is 14.8 Å². The van der Waals surface area contributed by atoms with Gasteiger partial charge in [-0.1, -0.05) is 13.3 Å². The zero-order chi connectivity index (χ0) is 27.4. The first-order valence-corrected chi connectivity index (χ1v) is 14.5. The van der Waals surface area contributed by atoms with Crippen molar-refractivity contribution in [2.24, 2.45) is 7.05 Å². The molecule has 3 aromatic rings. The predicted molar refractivity (Wildman–Crippen MR) is 145 cm³/mol. The van der Waals surface area contributed by atoms with E-state index in [-0.39, 0.29) is 29.5 Å². The standard InChI is InChI=1S/C26H37N5O6S/c1-4-7-19-21(17-33)29(3)24-23(19)27-25(28-26(24)34)20-16-18(8-9-22(20)37-5-2)38(35,36)31-13-11-30(12-14-31)10-6-15-32/h8-9,16,32-33H,4-7,10-15,17H2,1-3H3,(H,27,28,34). The van der Waals surface area contributed by atoms with Crippen LogP contribution in [0.25, 0.3) is 22.4 Å². The predicted octanol–water partition coefficient (Wildman–Crippen LogP) is 1.46. The van der Waals surface area contributed by atoms with E-state index in [2.05, 4.69) is 9.88 Å². The van der Waals surface area contributed by atoms with Gasteiger partial charge in [0, 0.05) is 57.6 Å². The molecule has 0 aliphatic carbocycles. The maximum absolute atomic E-state index is 13.6. The molecule has 1 saturated heterocycles. The third kappa shape index (κ3) is 5.36. The molecule has 0 bridgehead atoms. The van der Waals surface area contributed by atoms with Crippen LogP contribution in [0.4, 0.5) is 0 Å². The average molecular weight is 548 g/mol. The van der Waals surface area contributed by atoms with Crippen molar-refractivity contribution in [2.45, 2.75) is 44.6 Å². The Kier molecular flexibility index (Phi) is 8.89. The summed E-state index contributed by atoms with van der Waals surface area (Å²) in [5.41, 5.74) is 2.30. The molecule has 3 N–H and O–H groups in total. The van der Waals surface area contributed by atoms with E-state index in [9.17, 15) is 18.3 Å². The maximum Gasteiger partial charge on any atom is 0.275 e. The molecule has 11 nitrogen and oxygen atoms in total. The molecular formula is C26H37N5O6S. The van der Waals surface area contributed by atoms with Crippen LogP contribution in [0.1, 0.15) is 37.9 Å². The van der Waals surface area contributed by atoms with E-state index < -0.39 is 10.0 Å². The third-order valence-electron chi connectivity index (χ3n) is 7.03. The number of aromatic nitrogens is 3. The summed E-state index contributed by atoms with van der Waals surface area (Å²) < 4.78 is 36.1. The van der Waals surface area contributed by atoms with Gasteiger partial charge in [0.1, 0.15) is 17.1 Å². The first-order chi connectivity index (χ1) is 18.3. The lowest BCUT2D eigenvalue weighted by molar-refractivity contribution is 0.171. The molecule has 0 amide bonds. The SMILES string of the molecule is CCCc1c(CO)n(C)c2c(=O)[nH]c(-c3cc(S(=O)(=O)N4CCN(CCCO)CC4)ccc3OCC)nc12. The fraction of sp³-hybridized carbons (Fsp3) is 0.538. The van der Waals surface area contributed by atoms with Crippen LogP contribution in [-0.2, 0) is 30.1 Å². The number of piperazine rings is 1. The van der Waals surface area contributed by atoms with Gasteiger partial charge in [-0.05, 0) is 38.0 Å². The van der Waals surface area contributed by atoms with Crippen LogP contribution in [0.15, 0.2) is 27.9 Å². The molecule has 2 aromatic heterocycles. The maximum atomic E-state index is 13.6. The zero-order valence-corrected chi connectivity index (χ0v) is 23.1. The van der Waals surface area contributed by atoms with E-state index >= 15 is 0 Å². The van der Waals surface area contributed by atoms with Crippen LogP contribution < -0.4 is 10.3 Å². The third-order valence-corrected chi connectivity index (χ3v) is 8.92. The lowest BCUT2D eigenvalue weighted by Gasteiger charge is -2.33. The summed E-state index contributed by atoms with van der Waals surface area (Å²) in [5, 5.41) is 19.0. The van der Waals surface area contributed by atoms with Gasteiger partial charge in [-0.15, -0.1) is 0 Å². The first-order valence-electron chi connectivity index (χ1n) is 13.1. The number of aromatic amines is 1. The number of ether oxygens (including phenoxy) is 1. The molecule has 4 rings (SSSR count). The Labute approximate surface area is 222 Å². The second kappa shape index (κ2) is 12.0. The molecule has 0 radical (unpaired) electrons. The van der Waals surface area contributed by atoms with Crippen molar-refractivity contribution in [1.82, 2.24) is 23.7 Å². The summed E-state index contributed by atoms with van der Waals surface area (Å²) in [6.07, 6.45) is 2.10. The van der Waals surface area contributed by atoms with Gasteiger partial charge in [0.25, 0.3) is 5.56 Å². The summed E-state index contributed by atoms with van der Waals surface area (Å²) in [6, 6.07) is 4.63. The van der Waals surface area contributed by atoms with Crippen molar-refractivity contribution >= 4 is 21.1 Å². The number of benzene rings is 1. The largest absolute Gasteiger partial charge is 0.493 e. The number of fused-ring (bicyclic) bond motifs is 1. The Hall–Kier alpha value is -2.77. The van der Waals surface area contributed by atoms with Gasteiger partial charge < -0.3 is 29.4 Å². The van der Waals surface area contributed by atoms with Crippen molar-refractivity contribution in [3.8, 4) is 17.1 Å². The van der Waals surface area contributed by atoms with Crippen LogP contribution >= 0.6 is 0 Å². The van der Waals surface area contributed by atoms with Gasteiger partial charge in [0.2, 0.25) is 10.0 Å². The van der Waals surface area contributed by atoms with Crippen molar-refractivity contribution in [1.29, 1.82) is 0 Å². The molecule has 208 valence electrons. The van der Waals surface area contributed by atoms with E-state index in [0.717, 1.165) is 18.5 Å². The Morgan fingerprint density at radius 1 is 1.13 bits per heavy atom. The second-order valence-electron chi connectivity index (χ2n) is 9.42. The van der Waals surface area contributed by atoms with Crippen LogP contribution in [-0.4, -0.2) is 88.3 Å². The average Bonchev–Trinajstić information content (AvgIpc) is 3.18. The lowest BCUT2D eigenvalue weighted by Crippen LogP contribution is -2.48. The van der Waals surface area contributed by atoms with Gasteiger partial charge in [-0.2, -0.15) is 4.31 Å². The molecule has 1 fully saturated rings. The summed E-state index contributed by atoms with van der Waals surface area (Å²) in [7, 11) is -2.07. The van der Waals surface area contributed by atoms with Gasteiger partial charge in [-0.25, -0.2) is 13.4 Å². The summed E-state index contributed by atoms with van der Waals surface area (Å²) in [6.45, 7) is 6.71. The minimum Gasteiger partial charge on any atom is -0.493 e. The summed E-state index contributed by atoms with van der Waals surface area (Å²) in [5.74, 6) is 0.627. The first kappa shape index (κ1) is 28.2. The molecule has 0 saturated carbocycles. The highest BCUT2D eigenvalue weighted by atomic mass is 32.2. The van der Waals surface area contributed by atoms with E-state index in [1.165, 1.54) is 16.4 Å². The Balaban J connectivity index is 1.77. The van der Waals surface area contributed by atoms with Crippen LogP contribution in [0, 0.1) is 0 Å². The van der Waals surface area contributed by atoms with Crippen LogP contribution in [0.2, 0.25) is 0 Å². The fourth-order valence-electron chi connectivity index (χ4n) is 5.08. The van der Waals surface area contributed by atoms with E-state index in [0.29, 0.717) is 73.7 Å². The number of hydrogen-bond acceptors (Lipinski definition) is 8. The molecule has 3 heterocycles. The topological polar surface area (TPSA) is 141 Å². The highest BCUT2D eigenvalue weighted by Crippen LogP contribution is 2.33. The number of rotatable bonds is 11. The Morgan fingerprint density at radius 3 is 2.50 bits per heavy atom. The highest BCUT2D eigenvalue weighted by molar-refractivity contribution is 7.89. The van der Waals surface area contributed by atoms with Crippen molar-refractivity contribution < 1.29 is 23.4 Å². The smallest absolute Gasteiger partial charge is 0.275 e. The van der Waals surface area contributed by atoms with Gasteiger partial charge in [0.05, 0.1) is 29.2 Å². The number of nitrogens with one attached hydrogen (secondary N) is 1. The normalized spacial score (nSPS) is 15.4. The lowest BCUT2D eigenvalue weighted by atomic mass is 10.1. The van der Waals surface area contributed by atoms with E-state index in [1.54, 1.807) is 17.7 Å². The number of aryl methyl sites for hydroxylation is 2. The number of hydrogen-bond donors (Lipinski definition) is 3. The number of H-pyrrole nitrogens is 1. The monoisotopic (exact) mass is 547 g/mol. The van der Waals surface area contributed by atoms with Crippen LogP contribution in [0.5, 0.6) is 5.75 Å². The number of nitrogens with zero attached hydrogens (tertiary/aromatic N) is 4. The van der Waals surface area contributed by atoms with Crippen molar-refractivity contribution in [2.75, 3.05) is 45.9 Å². The molecule has 0 unspecified atom stereocenters. The molecular weight excluding hydrogens is 510 g/mol. The van der Waals surface area contributed by atoms with Crippen molar-refractivity contribution in [3.63, 3.8) is 0 Å². The quantitative estimate of drug-likeness (QED) is 0.328. The Bertz CT molecular complexity index is 1440. The second-order valence-corrected chi connectivity index (χ2v) is 11.4. The molecule has 0 spiro atoms. The molecule has 0 atom stereocenters. The van der Waals surface area contributed by atoms with E-state index in [1.807, 2.05) is 13.8 Å². The highest BCUT2D eigenvalue weighted by Gasteiger charge is 2.30. The number of aliphatic hydroxyl groups excluding tert-OH is 2. The van der Waals surface area contributed by atoms with Crippen molar-refractivity contribution in [3.05, 3.63) is 39.8 Å². The minimum absolute atomic E-state index is 0.0976. The van der Waals surface area contributed by atoms with Gasteiger partial charge in [0.15, 0.2) is 0 Å². The van der Waals surface area contributed by atoms with Gasteiger partial charge in [-0.3, -0.25) is 4.79 Å². The van der Waals surface area contributed by atoms with Crippen LogP contribution in [0.3, 0.4) is 0 Å². The summed E-state index contributed by atoms with van der Waals surface area (Å²) >= 11 is 0.